The lowest BCUT2D eigenvalue weighted by Gasteiger charge is -2.20. The van der Waals surface area contributed by atoms with Crippen molar-refractivity contribution < 1.29 is 9.59 Å². The molecule has 1 N–H and O–H groups in total. The van der Waals surface area contributed by atoms with E-state index >= 15 is 0 Å². The third-order valence-electron chi connectivity index (χ3n) is 5.06. The Morgan fingerprint density at radius 1 is 1.12 bits per heavy atom. The Balaban J connectivity index is 1.76. The average molecular weight is 350 g/mol. The van der Waals surface area contributed by atoms with E-state index in [1.165, 1.54) is 5.56 Å². The molecule has 0 bridgehead atoms. The van der Waals surface area contributed by atoms with Crippen molar-refractivity contribution in [1.82, 2.24) is 0 Å². The van der Waals surface area contributed by atoms with E-state index in [1.54, 1.807) is 4.90 Å². The van der Waals surface area contributed by atoms with Crippen LogP contribution >= 0.6 is 0 Å². The summed E-state index contributed by atoms with van der Waals surface area (Å²) in [6, 6.07) is 13.8. The molecule has 3 rings (SSSR count). The van der Waals surface area contributed by atoms with Crippen LogP contribution in [0.1, 0.15) is 50.3 Å². The Morgan fingerprint density at radius 3 is 2.38 bits per heavy atom. The normalized spacial score (nSPS) is 15.3. The molecule has 0 atom stereocenters. The van der Waals surface area contributed by atoms with E-state index < -0.39 is 5.41 Å². The van der Waals surface area contributed by atoms with Gasteiger partial charge in [0.2, 0.25) is 11.8 Å². The average Bonchev–Trinajstić information content (AvgIpc) is 2.76. The fourth-order valence-electron chi connectivity index (χ4n) is 3.40. The van der Waals surface area contributed by atoms with Gasteiger partial charge in [0, 0.05) is 11.4 Å². The minimum atomic E-state index is -0.611. The summed E-state index contributed by atoms with van der Waals surface area (Å²) < 4.78 is 0. The van der Waals surface area contributed by atoms with Crippen LogP contribution in [0.3, 0.4) is 0 Å². The van der Waals surface area contributed by atoms with Crippen LogP contribution in [0, 0.1) is 6.92 Å². The molecule has 0 aromatic heterocycles. The number of rotatable bonds is 4. The molecule has 4 nitrogen and oxygen atoms in total. The molecule has 0 spiro atoms. The van der Waals surface area contributed by atoms with E-state index in [0.29, 0.717) is 5.92 Å². The zero-order valence-corrected chi connectivity index (χ0v) is 16.1. The van der Waals surface area contributed by atoms with Gasteiger partial charge >= 0.3 is 0 Å². The number of carbonyl (C=O) groups excluding carboxylic acids is 2. The first-order chi connectivity index (χ1) is 12.2. The molecule has 0 saturated heterocycles. The number of nitrogens with one attached hydrogen (secondary N) is 1. The number of anilines is 2. The van der Waals surface area contributed by atoms with Gasteiger partial charge in [-0.25, -0.2) is 0 Å². The number of nitrogens with zero attached hydrogens (tertiary/aromatic N) is 1. The van der Waals surface area contributed by atoms with Crippen molar-refractivity contribution in [2.75, 3.05) is 16.8 Å². The third-order valence-corrected chi connectivity index (χ3v) is 5.06. The first-order valence-electron chi connectivity index (χ1n) is 9.03. The van der Waals surface area contributed by atoms with Gasteiger partial charge in [-0.05, 0) is 56.0 Å². The van der Waals surface area contributed by atoms with Crippen molar-refractivity contribution in [3.8, 4) is 0 Å². The summed E-state index contributed by atoms with van der Waals surface area (Å²) in [5.74, 6) is 0.215. The summed E-state index contributed by atoms with van der Waals surface area (Å²) in [4.78, 5) is 27.0. The van der Waals surface area contributed by atoms with Gasteiger partial charge in [0.05, 0.1) is 5.41 Å². The molecule has 0 fully saturated rings. The quantitative estimate of drug-likeness (QED) is 0.889. The molecule has 2 amide bonds. The molecule has 0 aliphatic carbocycles. The topological polar surface area (TPSA) is 49.4 Å². The lowest BCUT2D eigenvalue weighted by Crippen LogP contribution is -2.40. The minimum absolute atomic E-state index is 0.0181. The molecule has 1 aliphatic rings. The SMILES string of the molecule is Cc1ccc2c(c1)C(C)(C)C(=O)N2CC(=O)Nc1ccc(C(C)C)cc1. The Hall–Kier alpha value is -2.62. The molecule has 2 aromatic carbocycles. The van der Waals surface area contributed by atoms with Crippen LogP contribution < -0.4 is 10.2 Å². The highest BCUT2D eigenvalue weighted by Crippen LogP contribution is 2.41. The van der Waals surface area contributed by atoms with Gasteiger partial charge in [-0.3, -0.25) is 9.59 Å². The first-order valence-corrected chi connectivity index (χ1v) is 9.03. The molecule has 4 heteroatoms. The molecule has 2 aromatic rings. The lowest BCUT2D eigenvalue weighted by molar-refractivity contribution is -0.124. The van der Waals surface area contributed by atoms with Crippen LogP contribution in [0.5, 0.6) is 0 Å². The Labute approximate surface area is 155 Å². The molecular formula is C22H26N2O2. The third kappa shape index (κ3) is 3.24. The molecule has 0 saturated carbocycles. The van der Waals surface area contributed by atoms with Gasteiger partial charge in [-0.2, -0.15) is 0 Å². The van der Waals surface area contributed by atoms with Crippen molar-refractivity contribution in [1.29, 1.82) is 0 Å². The molecule has 1 heterocycles. The highest BCUT2D eigenvalue weighted by atomic mass is 16.2. The summed E-state index contributed by atoms with van der Waals surface area (Å²) in [5.41, 5.74) is 4.28. The van der Waals surface area contributed by atoms with Gasteiger partial charge in [0.1, 0.15) is 6.54 Å². The second-order valence-corrected chi connectivity index (χ2v) is 7.86. The fourth-order valence-corrected chi connectivity index (χ4v) is 3.40. The zero-order valence-electron chi connectivity index (χ0n) is 16.1. The van der Waals surface area contributed by atoms with Gasteiger partial charge in [0.25, 0.3) is 0 Å². The smallest absolute Gasteiger partial charge is 0.244 e. The fraction of sp³-hybridized carbons (Fsp3) is 0.364. The Morgan fingerprint density at radius 2 is 1.77 bits per heavy atom. The molecule has 136 valence electrons. The van der Waals surface area contributed by atoms with E-state index in [-0.39, 0.29) is 18.4 Å². The van der Waals surface area contributed by atoms with Crippen LogP contribution in [0.15, 0.2) is 42.5 Å². The monoisotopic (exact) mass is 350 g/mol. The second-order valence-electron chi connectivity index (χ2n) is 7.86. The van der Waals surface area contributed by atoms with Crippen LogP contribution in [0.2, 0.25) is 0 Å². The zero-order chi connectivity index (χ0) is 19.1. The van der Waals surface area contributed by atoms with Crippen molar-refractivity contribution in [2.45, 2.75) is 46.0 Å². The van der Waals surface area contributed by atoms with Crippen molar-refractivity contribution in [3.63, 3.8) is 0 Å². The molecule has 26 heavy (non-hydrogen) atoms. The van der Waals surface area contributed by atoms with Crippen LogP contribution in [-0.2, 0) is 15.0 Å². The summed E-state index contributed by atoms with van der Waals surface area (Å²) in [5, 5.41) is 2.89. The van der Waals surface area contributed by atoms with Crippen molar-refractivity contribution >= 4 is 23.2 Å². The molecule has 0 unspecified atom stereocenters. The van der Waals surface area contributed by atoms with Crippen molar-refractivity contribution in [3.05, 3.63) is 59.2 Å². The van der Waals surface area contributed by atoms with Gasteiger partial charge in [0.15, 0.2) is 0 Å². The van der Waals surface area contributed by atoms with Gasteiger partial charge < -0.3 is 10.2 Å². The summed E-state index contributed by atoms with van der Waals surface area (Å²) in [6.45, 7) is 10.1. The largest absolute Gasteiger partial charge is 0.325 e. The number of fused-ring (bicyclic) bond motifs is 1. The molecular weight excluding hydrogens is 324 g/mol. The number of benzene rings is 2. The number of hydrogen-bond donors (Lipinski definition) is 1. The van der Waals surface area contributed by atoms with E-state index in [1.807, 2.05) is 63.2 Å². The Bertz CT molecular complexity index is 851. The highest BCUT2D eigenvalue weighted by molar-refractivity contribution is 6.11. The van der Waals surface area contributed by atoms with E-state index in [0.717, 1.165) is 22.5 Å². The summed E-state index contributed by atoms with van der Waals surface area (Å²) in [7, 11) is 0. The first kappa shape index (κ1) is 18.2. The van der Waals surface area contributed by atoms with Crippen LogP contribution in [0.4, 0.5) is 11.4 Å². The van der Waals surface area contributed by atoms with Crippen molar-refractivity contribution in [2.24, 2.45) is 0 Å². The maximum absolute atomic E-state index is 12.8. The van der Waals surface area contributed by atoms with E-state index in [2.05, 4.69) is 19.2 Å². The van der Waals surface area contributed by atoms with Gasteiger partial charge in [-0.15, -0.1) is 0 Å². The Kier molecular flexibility index (Phi) is 4.61. The number of hydrogen-bond acceptors (Lipinski definition) is 2. The summed E-state index contributed by atoms with van der Waals surface area (Å²) in [6.07, 6.45) is 0. The van der Waals surface area contributed by atoms with E-state index in [9.17, 15) is 9.59 Å². The standard InChI is InChI=1S/C22H26N2O2/c1-14(2)16-7-9-17(10-8-16)23-20(25)13-24-19-11-6-15(3)12-18(19)22(4,5)21(24)26/h6-12,14H,13H2,1-5H3,(H,23,25). The minimum Gasteiger partial charge on any atom is -0.325 e. The maximum atomic E-state index is 12.8. The summed E-state index contributed by atoms with van der Waals surface area (Å²) >= 11 is 0. The number of carbonyl (C=O) groups is 2. The second kappa shape index (κ2) is 6.60. The number of aryl methyl sites for hydroxylation is 1. The molecule has 0 radical (unpaired) electrons. The molecule has 1 aliphatic heterocycles. The van der Waals surface area contributed by atoms with Crippen LogP contribution in [-0.4, -0.2) is 18.4 Å². The predicted octanol–water partition coefficient (Wildman–Crippen LogP) is 4.38. The van der Waals surface area contributed by atoms with Crippen LogP contribution in [0.25, 0.3) is 0 Å². The van der Waals surface area contributed by atoms with E-state index in [4.69, 9.17) is 0 Å². The highest BCUT2D eigenvalue weighted by Gasteiger charge is 2.44. The maximum Gasteiger partial charge on any atom is 0.244 e. The lowest BCUT2D eigenvalue weighted by atomic mass is 9.85. The predicted molar refractivity (Wildman–Crippen MR) is 106 cm³/mol. The number of amides is 2. The van der Waals surface area contributed by atoms with Gasteiger partial charge in [-0.1, -0.05) is 43.7 Å².